The van der Waals surface area contributed by atoms with Crippen molar-refractivity contribution in [2.75, 3.05) is 0 Å². The predicted molar refractivity (Wildman–Crippen MR) is 96.0 cm³/mol. The number of carbonyl (C=O) groups is 1. The molecule has 1 unspecified atom stereocenters. The van der Waals surface area contributed by atoms with Gasteiger partial charge in [-0.2, -0.15) is 0 Å². The topological polar surface area (TPSA) is 55.1 Å². The second-order valence-corrected chi connectivity index (χ2v) is 7.46. The Kier molecular flexibility index (Phi) is 5.47. The van der Waals surface area contributed by atoms with Crippen LogP contribution in [0.4, 0.5) is 0 Å². The lowest BCUT2D eigenvalue weighted by molar-refractivity contribution is -0.121. The monoisotopic (exact) mass is 328 g/mol. The van der Waals surface area contributed by atoms with E-state index in [2.05, 4.69) is 55.5 Å². The van der Waals surface area contributed by atoms with Crippen LogP contribution in [0.15, 0.2) is 28.8 Å². The lowest BCUT2D eigenvalue weighted by Crippen LogP contribution is -2.27. The molecule has 0 fully saturated rings. The van der Waals surface area contributed by atoms with E-state index in [-0.39, 0.29) is 17.4 Å². The lowest BCUT2D eigenvalue weighted by Gasteiger charge is -2.20. The highest BCUT2D eigenvalue weighted by Gasteiger charge is 2.16. The van der Waals surface area contributed by atoms with E-state index in [1.165, 1.54) is 5.56 Å². The molecule has 0 saturated heterocycles. The molecule has 2 rings (SSSR count). The summed E-state index contributed by atoms with van der Waals surface area (Å²) in [6.07, 6.45) is 1.09. The second kappa shape index (κ2) is 7.20. The number of nitrogens with zero attached hydrogens (tertiary/aromatic N) is 1. The summed E-state index contributed by atoms with van der Waals surface area (Å²) >= 11 is 0. The van der Waals surface area contributed by atoms with Gasteiger partial charge in [0.05, 0.1) is 11.7 Å². The van der Waals surface area contributed by atoms with Gasteiger partial charge in [0.15, 0.2) is 0 Å². The fraction of sp³-hybridized carbons (Fsp3) is 0.500. The molecule has 130 valence electrons. The zero-order valence-corrected chi connectivity index (χ0v) is 15.6. The molecular formula is C20H28N2O2. The third-order valence-corrected chi connectivity index (χ3v) is 4.44. The molecule has 0 bridgehead atoms. The van der Waals surface area contributed by atoms with Gasteiger partial charge >= 0.3 is 0 Å². The summed E-state index contributed by atoms with van der Waals surface area (Å²) in [6.45, 7) is 12.4. The molecule has 0 spiro atoms. The zero-order chi connectivity index (χ0) is 17.9. The molecule has 1 heterocycles. The van der Waals surface area contributed by atoms with Gasteiger partial charge in [-0.25, -0.2) is 0 Å². The summed E-state index contributed by atoms with van der Waals surface area (Å²) in [5, 5.41) is 6.99. The Hall–Kier alpha value is -2.10. The minimum absolute atomic E-state index is 0.00353. The highest BCUT2D eigenvalue weighted by molar-refractivity contribution is 5.76. The first-order valence-corrected chi connectivity index (χ1v) is 8.50. The van der Waals surface area contributed by atoms with Crippen LogP contribution < -0.4 is 5.32 Å². The largest absolute Gasteiger partial charge is 0.361 e. The molecular weight excluding hydrogens is 300 g/mol. The number of hydrogen-bond donors (Lipinski definition) is 1. The fourth-order valence-corrected chi connectivity index (χ4v) is 2.77. The highest BCUT2D eigenvalue weighted by atomic mass is 16.5. The minimum Gasteiger partial charge on any atom is -0.361 e. The van der Waals surface area contributed by atoms with Crippen molar-refractivity contribution in [3.63, 3.8) is 0 Å². The molecule has 2 aromatic rings. The van der Waals surface area contributed by atoms with E-state index >= 15 is 0 Å². The summed E-state index contributed by atoms with van der Waals surface area (Å²) in [6, 6.07) is 8.47. The Bertz CT molecular complexity index is 674. The van der Waals surface area contributed by atoms with Gasteiger partial charge in [0.25, 0.3) is 0 Å². The average molecular weight is 328 g/mol. The average Bonchev–Trinajstić information content (AvgIpc) is 2.83. The van der Waals surface area contributed by atoms with Crippen LogP contribution in [0.5, 0.6) is 0 Å². The van der Waals surface area contributed by atoms with E-state index in [0.717, 1.165) is 22.6 Å². The van der Waals surface area contributed by atoms with Gasteiger partial charge < -0.3 is 9.84 Å². The summed E-state index contributed by atoms with van der Waals surface area (Å²) in [4.78, 5) is 12.2. The maximum Gasteiger partial charge on any atom is 0.220 e. The van der Waals surface area contributed by atoms with Gasteiger partial charge in [-0.3, -0.25) is 4.79 Å². The van der Waals surface area contributed by atoms with Gasteiger partial charge in [0.1, 0.15) is 5.76 Å². The Morgan fingerprint density at radius 1 is 1.21 bits per heavy atom. The predicted octanol–water partition coefficient (Wildman–Crippen LogP) is 4.40. The highest BCUT2D eigenvalue weighted by Crippen LogP contribution is 2.24. The van der Waals surface area contributed by atoms with E-state index in [1.807, 2.05) is 20.8 Å². The maximum absolute atomic E-state index is 12.2. The molecule has 1 atom stereocenters. The van der Waals surface area contributed by atoms with Crippen LogP contribution in [-0.2, 0) is 16.6 Å². The van der Waals surface area contributed by atoms with Crippen molar-refractivity contribution in [1.29, 1.82) is 0 Å². The number of aromatic nitrogens is 1. The second-order valence-electron chi connectivity index (χ2n) is 7.46. The van der Waals surface area contributed by atoms with Crippen LogP contribution in [-0.4, -0.2) is 11.1 Å². The molecule has 4 heteroatoms. The normalized spacial score (nSPS) is 12.9. The van der Waals surface area contributed by atoms with Gasteiger partial charge in [0, 0.05) is 12.0 Å². The van der Waals surface area contributed by atoms with Gasteiger partial charge in [0.2, 0.25) is 5.91 Å². The first kappa shape index (κ1) is 18.2. The summed E-state index contributed by atoms with van der Waals surface area (Å²) in [5.74, 6) is 0.841. The van der Waals surface area contributed by atoms with Crippen LogP contribution >= 0.6 is 0 Å². The Morgan fingerprint density at radius 2 is 1.83 bits per heavy atom. The molecule has 1 aromatic carbocycles. The van der Waals surface area contributed by atoms with Crippen molar-refractivity contribution in [1.82, 2.24) is 10.5 Å². The molecule has 24 heavy (non-hydrogen) atoms. The number of carbonyl (C=O) groups excluding carboxylic acids is 1. The Morgan fingerprint density at radius 3 is 2.33 bits per heavy atom. The number of benzene rings is 1. The first-order valence-electron chi connectivity index (χ1n) is 8.50. The quantitative estimate of drug-likeness (QED) is 0.885. The van der Waals surface area contributed by atoms with Crippen molar-refractivity contribution in [2.45, 2.75) is 65.8 Å². The van der Waals surface area contributed by atoms with Crippen LogP contribution in [0, 0.1) is 13.8 Å². The van der Waals surface area contributed by atoms with Crippen LogP contribution in [0.3, 0.4) is 0 Å². The smallest absolute Gasteiger partial charge is 0.220 e. The molecule has 0 aliphatic rings. The van der Waals surface area contributed by atoms with E-state index < -0.39 is 0 Å². The van der Waals surface area contributed by atoms with Crippen molar-refractivity contribution < 1.29 is 9.32 Å². The number of hydrogen-bond acceptors (Lipinski definition) is 3. The molecule has 1 N–H and O–H groups in total. The molecule has 1 aromatic heterocycles. The van der Waals surface area contributed by atoms with Crippen molar-refractivity contribution in [3.05, 3.63) is 52.4 Å². The van der Waals surface area contributed by atoms with E-state index in [9.17, 15) is 4.79 Å². The maximum atomic E-state index is 12.2. The van der Waals surface area contributed by atoms with E-state index in [4.69, 9.17) is 4.52 Å². The number of aryl methyl sites for hydroxylation is 2. The van der Waals surface area contributed by atoms with Crippen LogP contribution in [0.25, 0.3) is 0 Å². The Balaban J connectivity index is 1.92. The molecule has 0 aliphatic heterocycles. The van der Waals surface area contributed by atoms with Gasteiger partial charge in [-0.15, -0.1) is 0 Å². The molecule has 4 nitrogen and oxygen atoms in total. The first-order chi connectivity index (χ1) is 11.2. The summed E-state index contributed by atoms with van der Waals surface area (Å²) < 4.78 is 5.13. The third-order valence-electron chi connectivity index (χ3n) is 4.44. The zero-order valence-electron chi connectivity index (χ0n) is 15.6. The molecule has 0 saturated carbocycles. The molecule has 0 radical (unpaired) electrons. The minimum atomic E-state index is -0.00353. The number of rotatable bonds is 5. The number of amides is 1. The van der Waals surface area contributed by atoms with E-state index in [1.54, 1.807) is 0 Å². The van der Waals surface area contributed by atoms with Crippen molar-refractivity contribution >= 4 is 5.91 Å². The molecule has 1 amide bonds. The third kappa shape index (κ3) is 4.47. The lowest BCUT2D eigenvalue weighted by atomic mass is 9.86. The standard InChI is InChI=1S/C20H28N2O2/c1-13(16-7-9-17(10-8-16)20(4,5)6)21-19(23)12-11-18-14(2)22-24-15(18)3/h7-10,13H,11-12H2,1-6H3,(H,21,23). The van der Waals surface area contributed by atoms with E-state index in [0.29, 0.717) is 12.8 Å². The summed E-state index contributed by atoms with van der Waals surface area (Å²) in [7, 11) is 0. The van der Waals surface area contributed by atoms with Crippen LogP contribution in [0.1, 0.15) is 68.3 Å². The van der Waals surface area contributed by atoms with Gasteiger partial charge in [-0.1, -0.05) is 50.2 Å². The van der Waals surface area contributed by atoms with Crippen molar-refractivity contribution in [2.24, 2.45) is 0 Å². The fourth-order valence-electron chi connectivity index (χ4n) is 2.77. The Labute approximate surface area is 144 Å². The molecule has 0 aliphatic carbocycles. The number of nitrogens with one attached hydrogen (secondary N) is 1. The van der Waals surface area contributed by atoms with Crippen molar-refractivity contribution in [3.8, 4) is 0 Å². The summed E-state index contributed by atoms with van der Waals surface area (Å²) in [5.41, 5.74) is 4.45. The van der Waals surface area contributed by atoms with Gasteiger partial charge in [-0.05, 0) is 43.7 Å². The SMILES string of the molecule is Cc1noc(C)c1CCC(=O)NC(C)c1ccc(C(C)(C)C)cc1. The van der Waals surface area contributed by atoms with Crippen LogP contribution in [0.2, 0.25) is 0 Å².